The average Bonchev–Trinajstić information content (AvgIpc) is 3.05. The van der Waals surface area contributed by atoms with Crippen LogP contribution in [-0.4, -0.2) is 19.2 Å². The van der Waals surface area contributed by atoms with Crippen LogP contribution in [0.15, 0.2) is 40.8 Å². The Bertz CT molecular complexity index is 626. The van der Waals surface area contributed by atoms with E-state index in [2.05, 4.69) is 5.32 Å². The van der Waals surface area contributed by atoms with E-state index in [0.29, 0.717) is 24.9 Å². The van der Waals surface area contributed by atoms with E-state index in [-0.39, 0.29) is 6.09 Å². The molecular weight excluding hydrogens is 280 g/mol. The van der Waals surface area contributed by atoms with E-state index < -0.39 is 0 Å². The van der Waals surface area contributed by atoms with Gasteiger partial charge in [-0.3, -0.25) is 4.90 Å². The first-order valence-corrected chi connectivity index (χ1v) is 6.62. The van der Waals surface area contributed by atoms with Crippen LogP contribution in [0.2, 0.25) is 5.22 Å². The molecule has 1 saturated heterocycles. The fourth-order valence-corrected chi connectivity index (χ4v) is 2.21. The number of halogens is 1. The molecule has 104 valence electrons. The molecule has 0 atom stereocenters. The van der Waals surface area contributed by atoms with Crippen LogP contribution in [0.3, 0.4) is 0 Å². The number of carbonyl (C=O) groups is 1. The van der Waals surface area contributed by atoms with Gasteiger partial charge in [-0.1, -0.05) is 6.07 Å². The summed E-state index contributed by atoms with van der Waals surface area (Å²) in [6, 6.07) is 11.1. The summed E-state index contributed by atoms with van der Waals surface area (Å²) in [5, 5.41) is 3.59. The maximum Gasteiger partial charge on any atom is 0.414 e. The summed E-state index contributed by atoms with van der Waals surface area (Å²) >= 11 is 5.72. The molecule has 1 aromatic heterocycles. The molecule has 2 aromatic rings. The Kier molecular flexibility index (Phi) is 3.52. The molecule has 0 bridgehead atoms. The van der Waals surface area contributed by atoms with E-state index in [1.807, 2.05) is 30.3 Å². The lowest BCUT2D eigenvalue weighted by Crippen LogP contribution is -2.23. The van der Waals surface area contributed by atoms with E-state index >= 15 is 0 Å². The van der Waals surface area contributed by atoms with Gasteiger partial charge in [0.25, 0.3) is 0 Å². The summed E-state index contributed by atoms with van der Waals surface area (Å²) in [6.07, 6.45) is -0.306. The number of cyclic esters (lactones) is 1. The van der Waals surface area contributed by atoms with Crippen LogP contribution in [0.5, 0.6) is 0 Å². The lowest BCUT2D eigenvalue weighted by molar-refractivity contribution is 0.181. The van der Waals surface area contributed by atoms with Gasteiger partial charge in [-0.05, 0) is 41.9 Å². The lowest BCUT2D eigenvalue weighted by Gasteiger charge is -2.14. The highest BCUT2D eigenvalue weighted by atomic mass is 35.5. The maximum absolute atomic E-state index is 11.5. The van der Waals surface area contributed by atoms with Gasteiger partial charge in [0.2, 0.25) is 0 Å². The number of hydrogen-bond donors (Lipinski definition) is 1. The van der Waals surface area contributed by atoms with Gasteiger partial charge in [-0.2, -0.15) is 0 Å². The van der Waals surface area contributed by atoms with Crippen molar-refractivity contribution in [1.29, 1.82) is 0 Å². The van der Waals surface area contributed by atoms with Crippen LogP contribution < -0.4 is 10.2 Å². The highest BCUT2D eigenvalue weighted by Gasteiger charge is 2.23. The van der Waals surface area contributed by atoms with Crippen LogP contribution in [0.25, 0.3) is 0 Å². The summed E-state index contributed by atoms with van der Waals surface area (Å²) in [5.74, 6) is 0.751. The van der Waals surface area contributed by atoms with Gasteiger partial charge < -0.3 is 14.5 Å². The molecule has 0 saturated carbocycles. The minimum atomic E-state index is -0.306. The normalized spacial score (nSPS) is 14.4. The first kappa shape index (κ1) is 12.9. The summed E-state index contributed by atoms with van der Waals surface area (Å²) in [6.45, 7) is 1.54. The fraction of sp³-hybridized carbons (Fsp3) is 0.214. The van der Waals surface area contributed by atoms with Crippen molar-refractivity contribution < 1.29 is 13.9 Å². The standard InChI is InChI=1S/C14H13ClN2O3/c15-13-5-4-12(20-13)9-16-10-2-1-3-11(8-10)17-6-7-19-14(17)18/h1-5,8,16H,6-7,9H2. The third-order valence-electron chi connectivity index (χ3n) is 3.01. The minimum Gasteiger partial charge on any atom is -0.448 e. The van der Waals surface area contributed by atoms with Crippen LogP contribution >= 0.6 is 11.6 Å². The zero-order valence-electron chi connectivity index (χ0n) is 10.6. The molecule has 5 nitrogen and oxygen atoms in total. The number of ether oxygens (including phenoxy) is 1. The first-order chi connectivity index (χ1) is 9.72. The van der Waals surface area contributed by atoms with Crippen molar-refractivity contribution in [2.24, 2.45) is 0 Å². The molecule has 1 aliphatic rings. The first-order valence-electron chi connectivity index (χ1n) is 6.25. The number of amides is 1. The van der Waals surface area contributed by atoms with Crippen LogP contribution in [0.4, 0.5) is 16.2 Å². The number of carbonyl (C=O) groups excluding carboxylic acids is 1. The highest BCUT2D eigenvalue weighted by molar-refractivity contribution is 6.28. The predicted octanol–water partition coefficient (Wildman–Crippen LogP) is 3.50. The second-order valence-electron chi connectivity index (χ2n) is 4.38. The Morgan fingerprint density at radius 2 is 2.20 bits per heavy atom. The van der Waals surface area contributed by atoms with E-state index in [1.54, 1.807) is 11.0 Å². The Labute approximate surface area is 121 Å². The Balaban J connectivity index is 1.69. The largest absolute Gasteiger partial charge is 0.448 e. The van der Waals surface area contributed by atoms with E-state index in [4.69, 9.17) is 20.8 Å². The molecule has 1 N–H and O–H groups in total. The second kappa shape index (κ2) is 5.46. The number of anilines is 2. The molecule has 0 radical (unpaired) electrons. The Morgan fingerprint density at radius 1 is 1.30 bits per heavy atom. The van der Waals surface area contributed by atoms with Crippen molar-refractivity contribution in [2.45, 2.75) is 6.54 Å². The monoisotopic (exact) mass is 292 g/mol. The highest BCUT2D eigenvalue weighted by Crippen LogP contribution is 2.23. The molecule has 3 rings (SSSR count). The summed E-state index contributed by atoms with van der Waals surface area (Å²) < 4.78 is 10.2. The van der Waals surface area contributed by atoms with Gasteiger partial charge in [-0.15, -0.1) is 0 Å². The molecule has 1 fully saturated rings. The van der Waals surface area contributed by atoms with Gasteiger partial charge in [0, 0.05) is 11.4 Å². The molecule has 0 spiro atoms. The number of hydrogen-bond acceptors (Lipinski definition) is 4. The zero-order chi connectivity index (χ0) is 13.9. The van der Waals surface area contributed by atoms with Crippen LogP contribution in [0, 0.1) is 0 Å². The molecule has 1 amide bonds. The van der Waals surface area contributed by atoms with Crippen molar-refractivity contribution in [2.75, 3.05) is 23.4 Å². The van der Waals surface area contributed by atoms with Gasteiger partial charge in [0.15, 0.2) is 5.22 Å². The average molecular weight is 293 g/mol. The second-order valence-corrected chi connectivity index (χ2v) is 4.75. The van der Waals surface area contributed by atoms with E-state index in [0.717, 1.165) is 17.1 Å². The topological polar surface area (TPSA) is 54.7 Å². The van der Waals surface area contributed by atoms with Gasteiger partial charge >= 0.3 is 6.09 Å². The van der Waals surface area contributed by atoms with Crippen molar-refractivity contribution in [3.8, 4) is 0 Å². The van der Waals surface area contributed by atoms with Gasteiger partial charge in [0.05, 0.1) is 13.1 Å². The molecular formula is C14H13ClN2O3. The third-order valence-corrected chi connectivity index (χ3v) is 3.22. The van der Waals surface area contributed by atoms with E-state index in [1.165, 1.54) is 0 Å². The van der Waals surface area contributed by atoms with Crippen LogP contribution in [-0.2, 0) is 11.3 Å². The van der Waals surface area contributed by atoms with Gasteiger partial charge in [-0.25, -0.2) is 4.79 Å². The number of nitrogens with one attached hydrogen (secondary N) is 1. The quantitative estimate of drug-likeness (QED) is 0.937. The smallest absolute Gasteiger partial charge is 0.414 e. The third kappa shape index (κ3) is 2.72. The molecule has 0 aliphatic carbocycles. The molecule has 0 unspecified atom stereocenters. The number of furan rings is 1. The van der Waals surface area contributed by atoms with E-state index in [9.17, 15) is 4.79 Å². The molecule has 20 heavy (non-hydrogen) atoms. The minimum absolute atomic E-state index is 0.306. The van der Waals surface area contributed by atoms with Crippen molar-refractivity contribution in [3.05, 3.63) is 47.4 Å². The zero-order valence-corrected chi connectivity index (χ0v) is 11.4. The Morgan fingerprint density at radius 3 is 2.90 bits per heavy atom. The number of nitrogens with zero attached hydrogens (tertiary/aromatic N) is 1. The molecule has 1 aliphatic heterocycles. The fourth-order valence-electron chi connectivity index (χ4n) is 2.05. The SMILES string of the molecule is O=C1OCCN1c1cccc(NCc2ccc(Cl)o2)c1. The lowest BCUT2D eigenvalue weighted by atomic mass is 10.2. The van der Waals surface area contributed by atoms with Gasteiger partial charge in [0.1, 0.15) is 12.4 Å². The molecule has 6 heteroatoms. The van der Waals surface area contributed by atoms with Crippen molar-refractivity contribution in [3.63, 3.8) is 0 Å². The number of benzene rings is 1. The summed E-state index contributed by atoms with van der Waals surface area (Å²) in [4.78, 5) is 13.1. The van der Waals surface area contributed by atoms with Crippen molar-refractivity contribution in [1.82, 2.24) is 0 Å². The number of rotatable bonds is 4. The summed E-state index contributed by atoms with van der Waals surface area (Å²) in [7, 11) is 0. The maximum atomic E-state index is 11.5. The summed E-state index contributed by atoms with van der Waals surface area (Å²) in [5.41, 5.74) is 1.71. The predicted molar refractivity (Wildman–Crippen MR) is 76.2 cm³/mol. The van der Waals surface area contributed by atoms with Crippen LogP contribution in [0.1, 0.15) is 5.76 Å². The van der Waals surface area contributed by atoms with Crippen molar-refractivity contribution >= 4 is 29.1 Å². The molecule has 1 aromatic carbocycles. The molecule has 2 heterocycles. The Hall–Kier alpha value is -2.14.